The molecule has 4 heteroatoms. The number of nitrogen functional groups attached to an aromatic ring is 1. The van der Waals surface area contributed by atoms with E-state index in [1.54, 1.807) is 0 Å². The van der Waals surface area contributed by atoms with E-state index >= 15 is 0 Å². The molecule has 0 aliphatic heterocycles. The van der Waals surface area contributed by atoms with E-state index in [4.69, 9.17) is 10.8 Å². The maximum atomic E-state index is 9.15. The Labute approximate surface area is 93.5 Å². The highest BCUT2D eigenvalue weighted by Gasteiger charge is 2.10. The molecule has 0 saturated heterocycles. The quantitative estimate of drug-likeness (QED) is 0.796. The van der Waals surface area contributed by atoms with Crippen LogP contribution >= 0.6 is 33.9 Å². The number of hydrogen-bond donors (Lipinski definition) is 2. The van der Waals surface area contributed by atoms with E-state index in [2.05, 4.69) is 22.6 Å². The molecule has 1 heterocycles. The van der Waals surface area contributed by atoms with Gasteiger partial charge in [-0.25, -0.2) is 0 Å². The summed E-state index contributed by atoms with van der Waals surface area (Å²) in [5, 5.41) is 11.0. The third-order valence-corrected chi connectivity index (χ3v) is 3.88. The van der Waals surface area contributed by atoms with Gasteiger partial charge in [-0.15, -0.1) is 11.3 Å². The molecule has 0 fully saturated rings. The minimum atomic E-state index is 0.0197. The third kappa shape index (κ3) is 1.43. The molecule has 2 nitrogen and oxygen atoms in total. The monoisotopic (exact) mass is 305 g/mol. The fraction of sp³-hybridized carbons (Fsp3) is 0.111. The summed E-state index contributed by atoms with van der Waals surface area (Å²) in [6.45, 7) is 0.0197. The van der Waals surface area contributed by atoms with Crippen molar-refractivity contribution < 1.29 is 5.11 Å². The number of rotatable bonds is 1. The Morgan fingerprint density at radius 3 is 2.92 bits per heavy atom. The van der Waals surface area contributed by atoms with Crippen LogP contribution in [0, 0.1) is 3.57 Å². The van der Waals surface area contributed by atoms with Crippen LogP contribution < -0.4 is 5.73 Å². The van der Waals surface area contributed by atoms with E-state index in [0.29, 0.717) is 0 Å². The van der Waals surface area contributed by atoms with Crippen molar-refractivity contribution in [1.29, 1.82) is 0 Å². The highest BCUT2D eigenvalue weighted by molar-refractivity contribution is 14.1. The van der Waals surface area contributed by atoms with Crippen molar-refractivity contribution in [3.8, 4) is 0 Å². The number of hydrogen-bond acceptors (Lipinski definition) is 3. The lowest BCUT2D eigenvalue weighted by atomic mass is 10.2. The van der Waals surface area contributed by atoms with Gasteiger partial charge in [0.05, 0.1) is 11.6 Å². The molecule has 1 aromatic heterocycles. The lowest BCUT2D eigenvalue weighted by Crippen LogP contribution is -1.88. The van der Waals surface area contributed by atoms with Crippen molar-refractivity contribution in [2.45, 2.75) is 6.61 Å². The van der Waals surface area contributed by atoms with Crippen molar-refractivity contribution in [3.05, 3.63) is 27.3 Å². The maximum Gasteiger partial charge on any atom is 0.0925 e. The van der Waals surface area contributed by atoms with Gasteiger partial charge >= 0.3 is 0 Å². The van der Waals surface area contributed by atoms with E-state index in [0.717, 1.165) is 24.2 Å². The number of aliphatic hydroxyl groups is 1. The number of halogens is 1. The predicted octanol–water partition coefficient (Wildman–Crippen LogP) is 2.58. The average molecular weight is 305 g/mol. The summed E-state index contributed by atoms with van der Waals surface area (Å²) >= 11 is 3.79. The molecule has 0 aliphatic carbocycles. The lowest BCUT2D eigenvalue weighted by molar-refractivity contribution is 0.284. The summed E-state index contributed by atoms with van der Waals surface area (Å²) < 4.78 is 2.29. The van der Waals surface area contributed by atoms with Gasteiger partial charge in [-0.1, -0.05) is 6.07 Å². The molecule has 13 heavy (non-hydrogen) atoms. The average Bonchev–Trinajstić information content (AvgIpc) is 2.42. The van der Waals surface area contributed by atoms with Crippen LogP contribution in [0.1, 0.15) is 5.56 Å². The number of thiophene rings is 1. The van der Waals surface area contributed by atoms with E-state index < -0.39 is 0 Å². The number of benzene rings is 1. The second kappa shape index (κ2) is 3.43. The molecule has 0 spiro atoms. The van der Waals surface area contributed by atoms with Gasteiger partial charge in [-0.05, 0) is 34.7 Å². The SMILES string of the molecule is Nc1sc2cccc(I)c2c1CO. The van der Waals surface area contributed by atoms with Crippen LogP contribution in [0.25, 0.3) is 10.1 Å². The van der Waals surface area contributed by atoms with Crippen LogP contribution in [0.2, 0.25) is 0 Å². The van der Waals surface area contributed by atoms with Gasteiger partial charge < -0.3 is 10.8 Å². The van der Waals surface area contributed by atoms with Gasteiger partial charge in [-0.2, -0.15) is 0 Å². The Morgan fingerprint density at radius 2 is 2.23 bits per heavy atom. The fourth-order valence-corrected chi connectivity index (χ4v) is 3.36. The first-order valence-corrected chi connectivity index (χ1v) is 5.69. The molecule has 68 valence electrons. The second-order valence-corrected chi connectivity index (χ2v) is 4.96. The molecule has 2 aromatic rings. The molecule has 0 bridgehead atoms. The maximum absolute atomic E-state index is 9.15. The smallest absolute Gasteiger partial charge is 0.0925 e. The van der Waals surface area contributed by atoms with Crippen molar-refractivity contribution >= 4 is 49.0 Å². The Bertz CT molecular complexity index is 452. The highest BCUT2D eigenvalue weighted by atomic mass is 127. The van der Waals surface area contributed by atoms with Crippen LogP contribution in [0.3, 0.4) is 0 Å². The molecular weight excluding hydrogens is 297 g/mol. The summed E-state index contributed by atoms with van der Waals surface area (Å²) in [6.07, 6.45) is 0. The summed E-state index contributed by atoms with van der Waals surface area (Å²) in [5.41, 5.74) is 6.65. The van der Waals surface area contributed by atoms with E-state index in [-0.39, 0.29) is 6.61 Å². The molecule has 3 N–H and O–H groups in total. The van der Waals surface area contributed by atoms with Crippen molar-refractivity contribution in [1.82, 2.24) is 0 Å². The highest BCUT2D eigenvalue weighted by Crippen LogP contribution is 2.35. The standard InChI is InChI=1S/C9H8INOS/c10-6-2-1-3-7-8(6)5(4-12)9(11)13-7/h1-3,12H,4,11H2. The zero-order chi connectivity index (χ0) is 9.42. The zero-order valence-corrected chi connectivity index (χ0v) is 9.72. The molecule has 0 aliphatic rings. The lowest BCUT2D eigenvalue weighted by Gasteiger charge is -1.97. The van der Waals surface area contributed by atoms with Gasteiger partial charge in [0, 0.05) is 19.2 Å². The summed E-state index contributed by atoms with van der Waals surface area (Å²) in [4.78, 5) is 0. The summed E-state index contributed by atoms with van der Waals surface area (Å²) in [5.74, 6) is 0. The normalized spacial score (nSPS) is 10.9. The van der Waals surface area contributed by atoms with Crippen LogP contribution in [0.5, 0.6) is 0 Å². The van der Waals surface area contributed by atoms with Crippen LogP contribution in [0.4, 0.5) is 5.00 Å². The predicted molar refractivity (Wildman–Crippen MR) is 64.9 cm³/mol. The van der Waals surface area contributed by atoms with Crippen LogP contribution in [0.15, 0.2) is 18.2 Å². The van der Waals surface area contributed by atoms with E-state index in [1.165, 1.54) is 11.3 Å². The first kappa shape index (κ1) is 9.23. The Morgan fingerprint density at radius 1 is 1.46 bits per heavy atom. The molecule has 0 saturated carbocycles. The minimum Gasteiger partial charge on any atom is -0.392 e. The number of fused-ring (bicyclic) bond motifs is 1. The molecule has 0 atom stereocenters. The zero-order valence-electron chi connectivity index (χ0n) is 6.75. The number of nitrogens with two attached hydrogens (primary N) is 1. The van der Waals surface area contributed by atoms with Gasteiger partial charge in [0.2, 0.25) is 0 Å². The van der Waals surface area contributed by atoms with Crippen molar-refractivity contribution in [2.24, 2.45) is 0 Å². The molecular formula is C9H8INOS. The first-order valence-electron chi connectivity index (χ1n) is 3.80. The molecule has 0 radical (unpaired) electrons. The van der Waals surface area contributed by atoms with Crippen molar-refractivity contribution in [2.75, 3.05) is 5.73 Å². The van der Waals surface area contributed by atoms with Crippen molar-refractivity contribution in [3.63, 3.8) is 0 Å². The molecule has 2 rings (SSSR count). The van der Waals surface area contributed by atoms with E-state index in [9.17, 15) is 0 Å². The van der Waals surface area contributed by atoms with Gasteiger partial charge in [0.15, 0.2) is 0 Å². The van der Waals surface area contributed by atoms with Gasteiger partial charge in [0.1, 0.15) is 0 Å². The molecule has 0 unspecified atom stereocenters. The topological polar surface area (TPSA) is 46.2 Å². The fourth-order valence-electron chi connectivity index (χ4n) is 1.34. The Hall–Kier alpha value is -0.330. The van der Waals surface area contributed by atoms with Crippen LogP contribution in [-0.2, 0) is 6.61 Å². The third-order valence-electron chi connectivity index (χ3n) is 1.95. The minimum absolute atomic E-state index is 0.0197. The summed E-state index contributed by atoms with van der Waals surface area (Å²) in [7, 11) is 0. The molecule has 1 aromatic carbocycles. The molecule has 0 amide bonds. The van der Waals surface area contributed by atoms with Gasteiger partial charge in [-0.3, -0.25) is 0 Å². The largest absolute Gasteiger partial charge is 0.392 e. The Kier molecular flexibility index (Phi) is 2.44. The van der Waals surface area contributed by atoms with Gasteiger partial charge in [0.25, 0.3) is 0 Å². The summed E-state index contributed by atoms with van der Waals surface area (Å²) in [6, 6.07) is 6.05. The first-order chi connectivity index (χ1) is 6.24. The van der Waals surface area contributed by atoms with E-state index in [1.807, 2.05) is 18.2 Å². The Balaban J connectivity index is 2.88. The number of aliphatic hydroxyl groups excluding tert-OH is 1. The number of anilines is 1. The second-order valence-electron chi connectivity index (χ2n) is 2.72. The van der Waals surface area contributed by atoms with Crippen LogP contribution in [-0.4, -0.2) is 5.11 Å².